The van der Waals surface area contributed by atoms with Crippen LogP contribution in [0.5, 0.6) is 0 Å². The van der Waals surface area contributed by atoms with Crippen molar-refractivity contribution >= 4 is 23.1 Å². The van der Waals surface area contributed by atoms with Crippen LogP contribution in [-0.2, 0) is 4.74 Å². The van der Waals surface area contributed by atoms with Crippen molar-refractivity contribution in [3.63, 3.8) is 0 Å². The lowest BCUT2D eigenvalue weighted by Gasteiger charge is -2.10. The molecule has 0 saturated carbocycles. The molecule has 94 valence electrons. The third-order valence-electron chi connectivity index (χ3n) is 3.07. The number of anilines is 1. The molecule has 3 nitrogen and oxygen atoms in total. The zero-order valence-electron chi connectivity index (χ0n) is 10.2. The Balaban J connectivity index is 1.79. The van der Waals surface area contributed by atoms with E-state index >= 15 is 0 Å². The van der Waals surface area contributed by atoms with Crippen LogP contribution in [0.15, 0.2) is 16.8 Å². The number of unbranched alkanes of at least 4 members (excludes halogenated alkanes) is 3. The molecule has 1 aromatic heterocycles. The van der Waals surface area contributed by atoms with Crippen LogP contribution < -0.4 is 4.90 Å². The molecule has 0 spiro atoms. The van der Waals surface area contributed by atoms with Gasteiger partial charge in [0, 0.05) is 5.38 Å². The van der Waals surface area contributed by atoms with E-state index in [-0.39, 0.29) is 12.2 Å². The van der Waals surface area contributed by atoms with Gasteiger partial charge >= 0.3 is 6.09 Å². The van der Waals surface area contributed by atoms with Gasteiger partial charge < -0.3 is 4.74 Å². The zero-order valence-corrected chi connectivity index (χ0v) is 11.0. The lowest BCUT2D eigenvalue weighted by molar-refractivity contribution is 0.135. The van der Waals surface area contributed by atoms with E-state index in [1.54, 1.807) is 16.2 Å². The van der Waals surface area contributed by atoms with Crippen LogP contribution in [-0.4, -0.2) is 18.7 Å². The number of nitrogens with zero attached hydrogens (tertiary/aromatic N) is 1. The number of ether oxygens (including phenoxy) is 1. The van der Waals surface area contributed by atoms with Crippen molar-refractivity contribution in [1.29, 1.82) is 0 Å². The van der Waals surface area contributed by atoms with Crippen molar-refractivity contribution in [3.05, 3.63) is 16.8 Å². The fourth-order valence-electron chi connectivity index (χ4n) is 2.09. The third-order valence-corrected chi connectivity index (χ3v) is 3.74. The summed E-state index contributed by atoms with van der Waals surface area (Å²) in [7, 11) is 0. The van der Waals surface area contributed by atoms with Gasteiger partial charge in [0.05, 0.1) is 12.2 Å². The summed E-state index contributed by atoms with van der Waals surface area (Å²) < 4.78 is 5.37. The summed E-state index contributed by atoms with van der Waals surface area (Å²) in [5.74, 6) is 0. The second-order valence-corrected chi connectivity index (χ2v) is 5.23. The van der Waals surface area contributed by atoms with Crippen molar-refractivity contribution in [2.24, 2.45) is 0 Å². The van der Waals surface area contributed by atoms with Crippen molar-refractivity contribution in [1.82, 2.24) is 0 Å². The second-order valence-electron chi connectivity index (χ2n) is 4.45. The highest BCUT2D eigenvalue weighted by Crippen LogP contribution is 2.25. The standard InChI is InChI=1S/C13H19NO2S/c1-2-3-4-5-6-12-9-14(13(15)16-12)11-7-8-17-10-11/h7-8,10,12H,2-6,9H2,1H3. The molecule has 0 aromatic carbocycles. The Labute approximate surface area is 106 Å². The van der Waals surface area contributed by atoms with E-state index in [2.05, 4.69) is 6.92 Å². The summed E-state index contributed by atoms with van der Waals surface area (Å²) in [5.41, 5.74) is 0.969. The maximum atomic E-state index is 11.7. The average Bonchev–Trinajstić information content (AvgIpc) is 2.93. The molecule has 1 aliphatic heterocycles. The maximum absolute atomic E-state index is 11.7. The molecule has 2 heterocycles. The smallest absolute Gasteiger partial charge is 0.414 e. The molecule has 1 aromatic rings. The number of carbonyl (C=O) groups excluding carboxylic acids is 1. The molecule has 1 saturated heterocycles. The molecule has 0 N–H and O–H groups in total. The molecule has 0 aliphatic carbocycles. The topological polar surface area (TPSA) is 29.5 Å². The van der Waals surface area contributed by atoms with Crippen LogP contribution in [0.3, 0.4) is 0 Å². The van der Waals surface area contributed by atoms with Crippen molar-refractivity contribution < 1.29 is 9.53 Å². The van der Waals surface area contributed by atoms with Crippen LogP contribution in [0, 0.1) is 0 Å². The number of rotatable bonds is 6. The third kappa shape index (κ3) is 3.22. The van der Waals surface area contributed by atoms with Crippen molar-refractivity contribution in [3.8, 4) is 0 Å². The minimum atomic E-state index is -0.191. The lowest BCUT2D eigenvalue weighted by atomic mass is 10.1. The predicted molar refractivity (Wildman–Crippen MR) is 70.7 cm³/mol. The molecule has 0 radical (unpaired) electrons. The van der Waals surface area contributed by atoms with Crippen molar-refractivity contribution in [2.45, 2.75) is 45.1 Å². The first-order chi connectivity index (χ1) is 8.31. The summed E-state index contributed by atoms with van der Waals surface area (Å²) in [6.45, 7) is 2.91. The Bertz CT molecular complexity index is 350. The van der Waals surface area contributed by atoms with Crippen LogP contribution in [0.25, 0.3) is 0 Å². The number of carbonyl (C=O) groups is 1. The number of hydrogen-bond donors (Lipinski definition) is 0. The van der Waals surface area contributed by atoms with E-state index in [1.807, 2.05) is 16.8 Å². The quantitative estimate of drug-likeness (QED) is 0.716. The molecule has 17 heavy (non-hydrogen) atoms. The number of amides is 1. The first-order valence-corrected chi connectivity index (χ1v) is 7.26. The first-order valence-electron chi connectivity index (χ1n) is 6.31. The molecule has 1 fully saturated rings. The second kappa shape index (κ2) is 6.05. The minimum absolute atomic E-state index is 0.0826. The highest BCUT2D eigenvalue weighted by atomic mass is 32.1. The molecule has 1 unspecified atom stereocenters. The molecule has 4 heteroatoms. The van der Waals surface area contributed by atoms with Gasteiger partial charge in [0.1, 0.15) is 6.10 Å². The Hall–Kier alpha value is -1.03. The highest BCUT2D eigenvalue weighted by molar-refractivity contribution is 7.08. The molecule has 1 aliphatic rings. The van der Waals surface area contributed by atoms with E-state index in [4.69, 9.17) is 4.74 Å². The van der Waals surface area contributed by atoms with Gasteiger partial charge in [-0.15, -0.1) is 0 Å². The Kier molecular flexibility index (Phi) is 4.42. The van der Waals surface area contributed by atoms with Gasteiger partial charge in [0.15, 0.2) is 0 Å². The highest BCUT2D eigenvalue weighted by Gasteiger charge is 2.31. The molecular formula is C13H19NO2S. The van der Waals surface area contributed by atoms with Crippen molar-refractivity contribution in [2.75, 3.05) is 11.4 Å². The molecule has 1 amide bonds. The number of cyclic esters (lactones) is 1. The normalized spacial score (nSPS) is 19.7. The first kappa shape index (κ1) is 12.4. The Morgan fingerprint density at radius 1 is 1.47 bits per heavy atom. The Morgan fingerprint density at radius 2 is 2.35 bits per heavy atom. The van der Waals surface area contributed by atoms with E-state index < -0.39 is 0 Å². The van der Waals surface area contributed by atoms with Gasteiger partial charge in [-0.2, -0.15) is 11.3 Å². The van der Waals surface area contributed by atoms with Crippen LogP contribution >= 0.6 is 11.3 Å². The maximum Gasteiger partial charge on any atom is 0.414 e. The minimum Gasteiger partial charge on any atom is -0.444 e. The largest absolute Gasteiger partial charge is 0.444 e. The van der Waals surface area contributed by atoms with E-state index in [0.717, 1.165) is 18.5 Å². The van der Waals surface area contributed by atoms with Gasteiger partial charge in [-0.1, -0.05) is 26.2 Å². The van der Waals surface area contributed by atoms with Crippen LogP contribution in [0.2, 0.25) is 0 Å². The predicted octanol–water partition coefficient (Wildman–Crippen LogP) is 4.04. The lowest BCUT2D eigenvalue weighted by Crippen LogP contribution is -2.23. The average molecular weight is 253 g/mol. The molecule has 2 rings (SSSR count). The van der Waals surface area contributed by atoms with Crippen LogP contribution in [0.4, 0.5) is 10.5 Å². The molecular weight excluding hydrogens is 234 g/mol. The number of thiophene rings is 1. The Morgan fingerprint density at radius 3 is 3.06 bits per heavy atom. The van der Waals surface area contributed by atoms with E-state index in [9.17, 15) is 4.79 Å². The fourth-order valence-corrected chi connectivity index (χ4v) is 2.73. The molecule has 1 atom stereocenters. The van der Waals surface area contributed by atoms with Gasteiger partial charge in [-0.05, 0) is 24.3 Å². The van der Waals surface area contributed by atoms with Crippen LogP contribution in [0.1, 0.15) is 39.0 Å². The fraction of sp³-hybridized carbons (Fsp3) is 0.615. The summed E-state index contributed by atoms with van der Waals surface area (Å²) in [5, 5.41) is 3.97. The summed E-state index contributed by atoms with van der Waals surface area (Å²) in [4.78, 5) is 13.4. The molecule has 0 bridgehead atoms. The number of hydrogen-bond acceptors (Lipinski definition) is 3. The summed E-state index contributed by atoms with van der Waals surface area (Å²) in [6, 6.07) is 1.96. The monoisotopic (exact) mass is 253 g/mol. The van der Waals surface area contributed by atoms with E-state index in [1.165, 1.54) is 19.3 Å². The SMILES string of the molecule is CCCCCCC1CN(c2ccsc2)C(=O)O1. The summed E-state index contributed by atoms with van der Waals surface area (Å²) >= 11 is 1.60. The van der Waals surface area contributed by atoms with Gasteiger partial charge in [0.25, 0.3) is 0 Å². The van der Waals surface area contributed by atoms with Gasteiger partial charge in [-0.3, -0.25) is 4.90 Å². The van der Waals surface area contributed by atoms with Gasteiger partial charge in [-0.25, -0.2) is 4.79 Å². The van der Waals surface area contributed by atoms with Gasteiger partial charge in [0.2, 0.25) is 0 Å². The zero-order chi connectivity index (χ0) is 12.1. The summed E-state index contributed by atoms with van der Waals surface area (Å²) in [6.07, 6.45) is 5.79. The van der Waals surface area contributed by atoms with E-state index in [0.29, 0.717) is 6.54 Å².